The molecule has 0 saturated carbocycles. The molecule has 0 radical (unpaired) electrons. The van der Waals surface area contributed by atoms with Gasteiger partial charge in [0.15, 0.2) is 23.0 Å². The summed E-state index contributed by atoms with van der Waals surface area (Å²) in [5.41, 5.74) is 3.12. The molecule has 0 saturated heterocycles. The average Bonchev–Trinajstić information content (AvgIpc) is 3.30. The predicted molar refractivity (Wildman–Crippen MR) is 152 cm³/mol. The van der Waals surface area contributed by atoms with E-state index < -0.39 is 12.3 Å². The molecule has 3 aliphatic rings. The molecule has 3 aromatic rings. The van der Waals surface area contributed by atoms with E-state index in [0.29, 0.717) is 46.1 Å². The van der Waals surface area contributed by atoms with Crippen molar-refractivity contribution in [3.63, 3.8) is 0 Å². The summed E-state index contributed by atoms with van der Waals surface area (Å²) < 4.78 is 38.9. The number of alkyl halides is 1. The van der Waals surface area contributed by atoms with E-state index in [9.17, 15) is 0 Å². The van der Waals surface area contributed by atoms with E-state index in [1.54, 1.807) is 0 Å². The highest BCUT2D eigenvalue weighted by Gasteiger charge is 2.37. The van der Waals surface area contributed by atoms with Crippen molar-refractivity contribution in [2.75, 3.05) is 39.5 Å². The van der Waals surface area contributed by atoms with Crippen molar-refractivity contribution < 1.29 is 23.3 Å². The first-order chi connectivity index (χ1) is 19.7. The van der Waals surface area contributed by atoms with E-state index >= 15 is 4.39 Å². The molecule has 0 bridgehead atoms. The third-order valence-corrected chi connectivity index (χ3v) is 7.49. The molecular weight excluding hydrogens is 509 g/mol. The SMILES string of the molecule is CCCCN1C(c2ccccc2)=NC(F)C1CN(Cc1ccc2c(c1)OCCO2)Cc1ccc2c(c1)OCCO2. The molecule has 0 fully saturated rings. The number of benzene rings is 3. The highest BCUT2D eigenvalue weighted by atomic mass is 19.1. The van der Waals surface area contributed by atoms with Gasteiger partial charge in [0, 0.05) is 31.7 Å². The monoisotopic (exact) mass is 545 g/mol. The van der Waals surface area contributed by atoms with Crippen LogP contribution in [0.2, 0.25) is 0 Å². The maximum atomic E-state index is 15.8. The van der Waals surface area contributed by atoms with Gasteiger partial charge in [0.2, 0.25) is 6.30 Å². The number of hydrogen-bond donors (Lipinski definition) is 0. The maximum absolute atomic E-state index is 15.8. The van der Waals surface area contributed by atoms with Crippen molar-refractivity contribution in [3.05, 3.63) is 83.4 Å². The lowest BCUT2D eigenvalue weighted by molar-refractivity contribution is 0.132. The highest BCUT2D eigenvalue weighted by molar-refractivity contribution is 6.00. The highest BCUT2D eigenvalue weighted by Crippen LogP contribution is 2.34. The van der Waals surface area contributed by atoms with E-state index in [0.717, 1.165) is 64.9 Å². The lowest BCUT2D eigenvalue weighted by atomic mass is 10.1. The number of fused-ring (bicyclic) bond motifs is 2. The smallest absolute Gasteiger partial charge is 0.213 e. The molecule has 0 spiro atoms. The first kappa shape index (κ1) is 26.4. The Bertz CT molecular complexity index is 1270. The van der Waals surface area contributed by atoms with Gasteiger partial charge >= 0.3 is 0 Å². The van der Waals surface area contributed by atoms with Crippen LogP contribution >= 0.6 is 0 Å². The molecular formula is C32H36FN3O4. The quantitative estimate of drug-likeness (QED) is 0.316. The minimum absolute atomic E-state index is 0.392. The normalized spacial score (nSPS) is 19.6. The minimum Gasteiger partial charge on any atom is -0.486 e. The second-order valence-corrected chi connectivity index (χ2v) is 10.4. The third kappa shape index (κ3) is 5.87. The van der Waals surface area contributed by atoms with Gasteiger partial charge in [-0.05, 0) is 41.8 Å². The average molecular weight is 546 g/mol. The van der Waals surface area contributed by atoms with Crippen LogP contribution in [0.5, 0.6) is 23.0 Å². The molecule has 7 nitrogen and oxygen atoms in total. The van der Waals surface area contributed by atoms with Gasteiger partial charge in [0.1, 0.15) is 32.3 Å². The molecule has 210 valence electrons. The largest absolute Gasteiger partial charge is 0.486 e. The van der Waals surface area contributed by atoms with Crippen molar-refractivity contribution in [1.82, 2.24) is 9.80 Å². The first-order valence-corrected chi connectivity index (χ1v) is 14.2. The molecule has 3 heterocycles. The van der Waals surface area contributed by atoms with E-state index in [2.05, 4.69) is 33.8 Å². The van der Waals surface area contributed by atoms with E-state index in [1.807, 2.05) is 54.6 Å². The number of unbranched alkanes of at least 4 members (excludes halogenated alkanes) is 1. The fraction of sp³-hybridized carbons (Fsp3) is 0.406. The molecule has 2 atom stereocenters. The van der Waals surface area contributed by atoms with Crippen LogP contribution in [0.1, 0.15) is 36.5 Å². The Morgan fingerprint density at radius 1 is 0.800 bits per heavy atom. The van der Waals surface area contributed by atoms with E-state index in [4.69, 9.17) is 18.9 Å². The standard InChI is InChI=1S/C32H36FN3O4/c1-2-3-13-36-26(31(33)34-32(36)25-7-5-4-6-8-25)22-35(20-23-9-11-27-29(18-23)39-16-14-37-27)21-24-10-12-28-30(19-24)40-17-15-38-28/h4-12,18-19,26,31H,2-3,13-17,20-22H2,1H3. The van der Waals surface area contributed by atoms with Crippen molar-refractivity contribution in [2.45, 2.75) is 45.2 Å². The lowest BCUT2D eigenvalue weighted by Crippen LogP contribution is -2.47. The molecule has 3 aromatic carbocycles. The fourth-order valence-corrected chi connectivity index (χ4v) is 5.53. The van der Waals surface area contributed by atoms with Crippen LogP contribution in [0.25, 0.3) is 0 Å². The number of hydrogen-bond acceptors (Lipinski definition) is 7. The maximum Gasteiger partial charge on any atom is 0.213 e. The molecule has 0 amide bonds. The Hall–Kier alpha value is -3.78. The summed E-state index contributed by atoms with van der Waals surface area (Å²) in [7, 11) is 0. The second-order valence-electron chi connectivity index (χ2n) is 10.4. The summed E-state index contributed by atoms with van der Waals surface area (Å²) in [5.74, 6) is 3.78. The molecule has 8 heteroatoms. The van der Waals surface area contributed by atoms with Crippen LogP contribution in [-0.4, -0.2) is 67.5 Å². The van der Waals surface area contributed by atoms with Crippen LogP contribution in [-0.2, 0) is 13.1 Å². The summed E-state index contributed by atoms with van der Waals surface area (Å²) in [6.45, 7) is 6.86. The second kappa shape index (κ2) is 12.2. The molecule has 3 aliphatic heterocycles. The first-order valence-electron chi connectivity index (χ1n) is 14.2. The minimum atomic E-state index is -1.31. The molecule has 0 aromatic heterocycles. The zero-order chi connectivity index (χ0) is 27.3. The number of nitrogens with zero attached hydrogens (tertiary/aromatic N) is 3. The van der Waals surface area contributed by atoms with Gasteiger partial charge in [-0.2, -0.15) is 0 Å². The zero-order valence-corrected chi connectivity index (χ0v) is 22.9. The summed E-state index contributed by atoms with van der Waals surface area (Å²) in [5, 5.41) is 0. The van der Waals surface area contributed by atoms with Gasteiger partial charge in [-0.3, -0.25) is 4.90 Å². The van der Waals surface area contributed by atoms with Gasteiger partial charge < -0.3 is 23.8 Å². The number of aliphatic imine (C=N–C) groups is 1. The van der Waals surface area contributed by atoms with E-state index in [-0.39, 0.29) is 0 Å². The van der Waals surface area contributed by atoms with E-state index in [1.165, 1.54) is 0 Å². The number of ether oxygens (including phenoxy) is 4. The molecule has 0 aliphatic carbocycles. The Morgan fingerprint density at radius 3 is 1.95 bits per heavy atom. The van der Waals surface area contributed by atoms with Crippen LogP contribution in [0.3, 0.4) is 0 Å². The molecule has 6 rings (SSSR count). The van der Waals surface area contributed by atoms with Crippen molar-refractivity contribution >= 4 is 5.84 Å². The van der Waals surface area contributed by atoms with Crippen molar-refractivity contribution in [3.8, 4) is 23.0 Å². The summed E-state index contributed by atoms with van der Waals surface area (Å²) in [6.07, 6.45) is 0.690. The molecule has 2 unspecified atom stereocenters. The predicted octanol–water partition coefficient (Wildman–Crippen LogP) is 5.46. The van der Waals surface area contributed by atoms with Gasteiger partial charge in [-0.25, -0.2) is 9.38 Å². The van der Waals surface area contributed by atoms with Crippen molar-refractivity contribution in [1.29, 1.82) is 0 Å². The zero-order valence-electron chi connectivity index (χ0n) is 22.9. The summed E-state index contributed by atoms with van der Waals surface area (Å²) in [4.78, 5) is 8.99. The Kier molecular flexibility index (Phi) is 8.04. The van der Waals surface area contributed by atoms with Gasteiger partial charge in [-0.15, -0.1) is 0 Å². The van der Waals surface area contributed by atoms with Gasteiger partial charge in [0.05, 0.1) is 6.04 Å². The molecule has 0 N–H and O–H groups in total. The molecule has 40 heavy (non-hydrogen) atoms. The summed E-state index contributed by atoms with van der Waals surface area (Å²) in [6, 6.07) is 21.7. The topological polar surface area (TPSA) is 55.8 Å². The number of rotatable bonds is 10. The van der Waals surface area contributed by atoms with Crippen molar-refractivity contribution in [2.24, 2.45) is 4.99 Å². The van der Waals surface area contributed by atoms with Crippen LogP contribution in [0.4, 0.5) is 4.39 Å². The van der Waals surface area contributed by atoms with Gasteiger partial charge in [-0.1, -0.05) is 55.8 Å². The Balaban J connectivity index is 1.27. The Morgan fingerprint density at radius 2 is 1.38 bits per heavy atom. The fourth-order valence-electron chi connectivity index (χ4n) is 5.53. The van der Waals surface area contributed by atoms with Gasteiger partial charge in [0.25, 0.3) is 0 Å². The van der Waals surface area contributed by atoms with Crippen LogP contribution in [0, 0.1) is 0 Å². The summed E-state index contributed by atoms with van der Waals surface area (Å²) >= 11 is 0. The number of amidine groups is 1. The number of halogens is 1. The van der Waals surface area contributed by atoms with Crippen LogP contribution < -0.4 is 18.9 Å². The third-order valence-electron chi connectivity index (χ3n) is 7.49. The Labute approximate surface area is 235 Å². The lowest BCUT2D eigenvalue weighted by Gasteiger charge is -2.33. The van der Waals surface area contributed by atoms with Crippen LogP contribution in [0.15, 0.2) is 71.7 Å².